The van der Waals surface area contributed by atoms with Crippen LogP contribution in [0.1, 0.15) is 35.2 Å². The Morgan fingerprint density at radius 2 is 1.87 bits per heavy atom. The molecule has 0 aromatic heterocycles. The molecule has 1 aliphatic rings. The van der Waals surface area contributed by atoms with Gasteiger partial charge in [-0.2, -0.15) is 0 Å². The molecule has 0 unspecified atom stereocenters. The summed E-state index contributed by atoms with van der Waals surface area (Å²) in [5, 5.41) is 10.3. The first-order valence-corrected chi connectivity index (χ1v) is 7.85. The molecule has 1 heterocycles. The normalized spacial score (nSPS) is 16.8. The Labute approximate surface area is 136 Å². The highest BCUT2D eigenvalue weighted by atomic mass is 16.5. The van der Waals surface area contributed by atoms with Crippen molar-refractivity contribution < 1.29 is 9.84 Å². The van der Waals surface area contributed by atoms with Gasteiger partial charge in [-0.05, 0) is 61.7 Å². The molecule has 4 nitrogen and oxygen atoms in total. The summed E-state index contributed by atoms with van der Waals surface area (Å²) in [5.41, 5.74) is 11.3. The van der Waals surface area contributed by atoms with E-state index >= 15 is 0 Å². The van der Waals surface area contributed by atoms with E-state index in [-0.39, 0.29) is 6.04 Å². The maximum atomic E-state index is 10.3. The van der Waals surface area contributed by atoms with Gasteiger partial charge in [-0.25, -0.2) is 5.43 Å². The number of aryl methyl sites for hydroxylation is 2. The van der Waals surface area contributed by atoms with Crippen molar-refractivity contribution in [3.63, 3.8) is 0 Å². The molecule has 0 radical (unpaired) electrons. The van der Waals surface area contributed by atoms with Crippen molar-refractivity contribution in [2.75, 3.05) is 6.61 Å². The molecule has 2 aromatic carbocycles. The average molecular weight is 310 g/mol. The number of hydrogen-bond acceptors (Lipinski definition) is 4. The molecule has 1 aliphatic heterocycles. The Morgan fingerprint density at radius 3 is 2.57 bits per heavy atom. The van der Waals surface area contributed by atoms with Gasteiger partial charge in [-0.15, -0.1) is 0 Å². The zero-order valence-electron chi connectivity index (χ0n) is 13.7. The van der Waals surface area contributed by atoms with Gasteiger partial charge in [-0.3, -0.25) is 0 Å². The maximum Gasteiger partial charge on any atom is 0.127 e. The van der Waals surface area contributed by atoms with E-state index in [4.69, 9.17) is 4.74 Å². The molecule has 2 aromatic rings. The average Bonchev–Trinajstić information content (AvgIpc) is 3.01. The van der Waals surface area contributed by atoms with Gasteiger partial charge in [0.25, 0.3) is 0 Å². The second-order valence-electron chi connectivity index (χ2n) is 5.81. The van der Waals surface area contributed by atoms with Gasteiger partial charge in [0.15, 0.2) is 0 Å². The monoisotopic (exact) mass is 310 g/mol. The predicted octanol–water partition coefficient (Wildman–Crippen LogP) is 3.60. The molecule has 0 bridgehead atoms. The van der Waals surface area contributed by atoms with E-state index in [0.29, 0.717) is 12.4 Å². The number of rotatable bonds is 4. The van der Waals surface area contributed by atoms with Crippen LogP contribution in [0.5, 0.6) is 11.5 Å². The van der Waals surface area contributed by atoms with Crippen LogP contribution in [0.15, 0.2) is 42.5 Å². The molecule has 3 rings (SSSR count). The molecule has 120 valence electrons. The van der Waals surface area contributed by atoms with Crippen molar-refractivity contribution in [3.8, 4) is 11.5 Å². The smallest absolute Gasteiger partial charge is 0.127 e. The summed E-state index contributed by atoms with van der Waals surface area (Å²) in [7, 11) is 0. The summed E-state index contributed by atoms with van der Waals surface area (Å²) >= 11 is 0. The number of phenols is 1. The van der Waals surface area contributed by atoms with Gasteiger partial charge in [0.1, 0.15) is 11.5 Å². The first kappa shape index (κ1) is 15.4. The van der Waals surface area contributed by atoms with Gasteiger partial charge < -0.3 is 15.3 Å². The number of phenolic OH excluding ortho intramolecular Hbond substituents is 1. The van der Waals surface area contributed by atoms with Crippen molar-refractivity contribution in [3.05, 3.63) is 64.7 Å². The lowest BCUT2D eigenvalue weighted by molar-refractivity contribution is 0.340. The second kappa shape index (κ2) is 6.34. The number of benzene rings is 2. The largest absolute Gasteiger partial charge is 0.507 e. The van der Waals surface area contributed by atoms with E-state index < -0.39 is 0 Å². The van der Waals surface area contributed by atoms with Crippen LogP contribution in [0, 0.1) is 13.8 Å². The van der Waals surface area contributed by atoms with Gasteiger partial charge in [0, 0.05) is 5.56 Å². The Hall–Kier alpha value is -2.46. The predicted molar refractivity (Wildman–Crippen MR) is 92.2 cm³/mol. The molecule has 0 spiro atoms. The third-order valence-electron chi connectivity index (χ3n) is 3.98. The molecule has 0 fully saturated rings. The van der Waals surface area contributed by atoms with E-state index in [0.717, 1.165) is 33.7 Å². The van der Waals surface area contributed by atoms with E-state index in [9.17, 15) is 5.11 Å². The number of hydrogen-bond donors (Lipinski definition) is 3. The fourth-order valence-electron chi connectivity index (χ4n) is 2.85. The van der Waals surface area contributed by atoms with Crippen molar-refractivity contribution in [1.29, 1.82) is 0 Å². The van der Waals surface area contributed by atoms with Crippen LogP contribution in [0.4, 0.5) is 0 Å². The minimum atomic E-state index is 0.0564. The highest BCUT2D eigenvalue weighted by Gasteiger charge is 2.20. The third kappa shape index (κ3) is 3.17. The van der Waals surface area contributed by atoms with E-state index in [2.05, 4.69) is 16.9 Å². The molecule has 0 amide bonds. The van der Waals surface area contributed by atoms with Gasteiger partial charge in [0.05, 0.1) is 18.3 Å². The van der Waals surface area contributed by atoms with Crippen LogP contribution in [-0.2, 0) is 0 Å². The number of aromatic hydroxyl groups is 1. The second-order valence-corrected chi connectivity index (χ2v) is 5.81. The molecular formula is C19H22N2O2. The molecule has 0 saturated heterocycles. The summed E-state index contributed by atoms with van der Waals surface area (Å²) in [4.78, 5) is 0. The van der Waals surface area contributed by atoms with Gasteiger partial charge >= 0.3 is 0 Å². The zero-order valence-corrected chi connectivity index (χ0v) is 13.7. The first-order valence-electron chi connectivity index (χ1n) is 7.85. The topological polar surface area (TPSA) is 53.5 Å². The van der Waals surface area contributed by atoms with Crippen molar-refractivity contribution in [2.45, 2.75) is 26.8 Å². The third-order valence-corrected chi connectivity index (χ3v) is 3.98. The molecule has 0 saturated carbocycles. The summed E-state index contributed by atoms with van der Waals surface area (Å²) in [6, 6.07) is 12.1. The van der Waals surface area contributed by atoms with Crippen LogP contribution in [-0.4, -0.2) is 11.7 Å². The molecule has 23 heavy (non-hydrogen) atoms. The molecule has 1 atom stereocenters. The highest BCUT2D eigenvalue weighted by molar-refractivity contribution is 5.72. The SMILES string of the molecule is CCOc1ccc([C@H]2C=C(c3cc(C)cc(C)c3O)NN2)cc1. The Morgan fingerprint density at radius 1 is 1.13 bits per heavy atom. The molecule has 0 aliphatic carbocycles. The summed E-state index contributed by atoms with van der Waals surface area (Å²) in [5.74, 6) is 1.20. The van der Waals surface area contributed by atoms with Gasteiger partial charge in [0.2, 0.25) is 0 Å². The zero-order chi connectivity index (χ0) is 16.4. The van der Waals surface area contributed by atoms with Gasteiger partial charge in [-0.1, -0.05) is 18.2 Å². The molecular weight excluding hydrogens is 288 g/mol. The quantitative estimate of drug-likeness (QED) is 0.807. The minimum absolute atomic E-state index is 0.0564. The minimum Gasteiger partial charge on any atom is -0.507 e. The van der Waals surface area contributed by atoms with Crippen molar-refractivity contribution >= 4 is 5.70 Å². The van der Waals surface area contributed by atoms with Crippen molar-refractivity contribution in [2.24, 2.45) is 0 Å². The van der Waals surface area contributed by atoms with Crippen molar-refractivity contribution in [1.82, 2.24) is 10.9 Å². The fraction of sp³-hybridized carbons (Fsp3) is 0.263. The number of ether oxygens (including phenoxy) is 1. The lowest BCUT2D eigenvalue weighted by Gasteiger charge is -2.11. The Bertz CT molecular complexity index is 736. The van der Waals surface area contributed by atoms with Crippen LogP contribution >= 0.6 is 0 Å². The van der Waals surface area contributed by atoms with E-state index in [1.54, 1.807) is 0 Å². The number of nitrogens with one attached hydrogen (secondary N) is 2. The lowest BCUT2D eigenvalue weighted by atomic mass is 10.0. The van der Waals surface area contributed by atoms with Crippen LogP contribution in [0.3, 0.4) is 0 Å². The number of hydrazine groups is 1. The summed E-state index contributed by atoms with van der Waals surface area (Å²) in [6.45, 7) is 6.59. The Balaban J connectivity index is 1.86. The fourth-order valence-corrected chi connectivity index (χ4v) is 2.85. The highest BCUT2D eigenvalue weighted by Crippen LogP contribution is 2.32. The molecule has 4 heteroatoms. The van der Waals surface area contributed by atoms with Crippen LogP contribution < -0.4 is 15.6 Å². The van der Waals surface area contributed by atoms with E-state index in [1.807, 2.05) is 57.2 Å². The maximum absolute atomic E-state index is 10.3. The van der Waals surface area contributed by atoms with Crippen LogP contribution in [0.2, 0.25) is 0 Å². The summed E-state index contributed by atoms with van der Waals surface area (Å²) in [6.07, 6.45) is 2.09. The Kier molecular flexibility index (Phi) is 4.26. The summed E-state index contributed by atoms with van der Waals surface area (Å²) < 4.78 is 5.47. The lowest BCUT2D eigenvalue weighted by Crippen LogP contribution is -2.26. The van der Waals surface area contributed by atoms with Crippen LogP contribution in [0.25, 0.3) is 5.70 Å². The first-order chi connectivity index (χ1) is 11.1. The molecule has 3 N–H and O–H groups in total. The standard InChI is InChI=1S/C19H22N2O2/c1-4-23-15-7-5-14(6-8-15)17-11-18(21-20-17)16-10-12(2)9-13(3)19(16)22/h5-11,17,20-22H,4H2,1-3H3/t17-/m1/s1. The van der Waals surface area contributed by atoms with E-state index in [1.165, 1.54) is 0 Å².